The van der Waals surface area contributed by atoms with Crippen molar-refractivity contribution in [2.24, 2.45) is 0 Å². The van der Waals surface area contributed by atoms with Crippen molar-refractivity contribution in [2.75, 3.05) is 5.75 Å². The van der Waals surface area contributed by atoms with Crippen LogP contribution in [0.25, 0.3) is 20.7 Å². The van der Waals surface area contributed by atoms with Crippen LogP contribution < -0.4 is 5.56 Å². The van der Waals surface area contributed by atoms with E-state index in [9.17, 15) is 9.59 Å². The van der Waals surface area contributed by atoms with E-state index in [1.54, 1.807) is 11.3 Å². The van der Waals surface area contributed by atoms with Crippen molar-refractivity contribution in [3.8, 4) is 10.4 Å². The average molecular weight is 352 g/mol. The number of hydrogen-bond acceptors (Lipinski definition) is 6. The molecule has 114 valence electrons. The van der Waals surface area contributed by atoms with Gasteiger partial charge in [-0.15, -0.1) is 22.7 Å². The molecule has 2 N–H and O–H groups in total. The van der Waals surface area contributed by atoms with Crippen LogP contribution in [-0.2, 0) is 11.2 Å². The molecule has 3 heterocycles. The van der Waals surface area contributed by atoms with Crippen LogP contribution in [-0.4, -0.2) is 26.8 Å². The number of carboxylic acids is 1. The zero-order valence-corrected chi connectivity index (χ0v) is 14.0. The van der Waals surface area contributed by atoms with Gasteiger partial charge in [0, 0.05) is 15.3 Å². The van der Waals surface area contributed by atoms with Gasteiger partial charge in [0.05, 0.1) is 11.1 Å². The number of rotatable bonds is 5. The fraction of sp³-hybridized carbons (Fsp3) is 0.214. The second kappa shape index (κ2) is 6.23. The first-order valence-electron chi connectivity index (χ1n) is 6.54. The van der Waals surface area contributed by atoms with Crippen LogP contribution in [0.3, 0.4) is 0 Å². The number of thiophene rings is 2. The van der Waals surface area contributed by atoms with Gasteiger partial charge in [0.2, 0.25) is 0 Å². The Morgan fingerprint density at radius 2 is 2.32 bits per heavy atom. The van der Waals surface area contributed by atoms with Gasteiger partial charge in [-0.3, -0.25) is 9.59 Å². The molecule has 0 fully saturated rings. The molecular formula is C14H12N2O3S3. The highest BCUT2D eigenvalue weighted by molar-refractivity contribution is 7.99. The molecule has 5 nitrogen and oxygen atoms in total. The molecule has 3 aromatic rings. The van der Waals surface area contributed by atoms with E-state index in [1.165, 1.54) is 11.3 Å². The maximum atomic E-state index is 12.4. The molecule has 3 aromatic heterocycles. The van der Waals surface area contributed by atoms with Crippen LogP contribution in [0.5, 0.6) is 0 Å². The third-order valence-corrected chi connectivity index (χ3v) is 6.01. The van der Waals surface area contributed by atoms with Crippen LogP contribution in [0.15, 0.2) is 27.5 Å². The van der Waals surface area contributed by atoms with Crippen molar-refractivity contribution < 1.29 is 9.90 Å². The van der Waals surface area contributed by atoms with E-state index < -0.39 is 5.97 Å². The van der Waals surface area contributed by atoms with Gasteiger partial charge in [-0.2, -0.15) is 0 Å². The number of thioether (sulfide) groups is 1. The molecule has 0 saturated heterocycles. The van der Waals surface area contributed by atoms with Crippen molar-refractivity contribution in [1.29, 1.82) is 0 Å². The molecule has 3 rings (SSSR count). The summed E-state index contributed by atoms with van der Waals surface area (Å²) in [6, 6.07) is 3.96. The van der Waals surface area contributed by atoms with Crippen molar-refractivity contribution in [2.45, 2.75) is 18.5 Å². The number of H-pyrrole nitrogens is 1. The van der Waals surface area contributed by atoms with E-state index in [-0.39, 0.29) is 11.3 Å². The van der Waals surface area contributed by atoms with Crippen LogP contribution >= 0.6 is 34.4 Å². The molecule has 0 aliphatic heterocycles. The summed E-state index contributed by atoms with van der Waals surface area (Å²) in [5, 5.41) is 11.7. The zero-order valence-electron chi connectivity index (χ0n) is 11.6. The molecule has 0 aliphatic carbocycles. The lowest BCUT2D eigenvalue weighted by atomic mass is 10.1. The summed E-state index contributed by atoms with van der Waals surface area (Å²) in [5.74, 6) is -1.06. The molecule has 0 atom stereocenters. The maximum Gasteiger partial charge on any atom is 0.313 e. The first kappa shape index (κ1) is 15.3. The van der Waals surface area contributed by atoms with Crippen LogP contribution in [0.1, 0.15) is 11.8 Å². The van der Waals surface area contributed by atoms with Gasteiger partial charge in [-0.05, 0) is 17.9 Å². The number of aryl methyl sites for hydroxylation is 1. The van der Waals surface area contributed by atoms with Crippen LogP contribution in [0.2, 0.25) is 0 Å². The van der Waals surface area contributed by atoms with E-state index in [1.807, 2.05) is 17.5 Å². The molecule has 0 radical (unpaired) electrons. The Morgan fingerprint density at radius 3 is 2.95 bits per heavy atom. The van der Waals surface area contributed by atoms with Crippen molar-refractivity contribution >= 4 is 50.6 Å². The molecule has 0 bridgehead atoms. The summed E-state index contributed by atoms with van der Waals surface area (Å²) in [6.45, 7) is 2.05. The quantitative estimate of drug-likeness (QED) is 0.543. The predicted molar refractivity (Wildman–Crippen MR) is 91.3 cm³/mol. The lowest BCUT2D eigenvalue weighted by molar-refractivity contribution is -0.133. The SMILES string of the molecule is CCc1sc2nc(SCC(=O)O)[nH]c(=O)c2c1-c1cccs1. The molecule has 0 unspecified atom stereocenters. The highest BCUT2D eigenvalue weighted by Gasteiger charge is 2.18. The smallest absolute Gasteiger partial charge is 0.313 e. The minimum Gasteiger partial charge on any atom is -0.481 e. The minimum atomic E-state index is -0.938. The topological polar surface area (TPSA) is 83.0 Å². The van der Waals surface area contributed by atoms with Gasteiger partial charge in [0.1, 0.15) is 4.83 Å². The Morgan fingerprint density at radius 1 is 1.50 bits per heavy atom. The van der Waals surface area contributed by atoms with Gasteiger partial charge < -0.3 is 10.1 Å². The first-order chi connectivity index (χ1) is 10.6. The van der Waals surface area contributed by atoms with Crippen LogP contribution in [0, 0.1) is 0 Å². The van der Waals surface area contributed by atoms with Gasteiger partial charge in [-0.25, -0.2) is 4.98 Å². The number of carboxylic acid groups (broad SMARTS) is 1. The fourth-order valence-corrected chi connectivity index (χ4v) is 4.80. The Kier molecular flexibility index (Phi) is 4.32. The number of carbonyl (C=O) groups is 1. The maximum absolute atomic E-state index is 12.4. The van der Waals surface area contributed by atoms with Crippen molar-refractivity contribution in [1.82, 2.24) is 9.97 Å². The van der Waals surface area contributed by atoms with E-state index in [0.717, 1.165) is 33.5 Å². The largest absolute Gasteiger partial charge is 0.481 e. The van der Waals surface area contributed by atoms with E-state index >= 15 is 0 Å². The lowest BCUT2D eigenvalue weighted by Gasteiger charge is -2.00. The van der Waals surface area contributed by atoms with Crippen LogP contribution in [0.4, 0.5) is 0 Å². The number of nitrogens with one attached hydrogen (secondary N) is 1. The standard InChI is InChI=1S/C14H12N2O3S3/c1-2-7-10(8-4-3-5-20-8)11-12(19)15-14(16-13(11)22-7)21-6-9(17)18/h3-5H,2,6H2,1H3,(H,17,18)(H,15,16,19). The van der Waals surface area contributed by atoms with E-state index in [4.69, 9.17) is 5.11 Å². The number of fused-ring (bicyclic) bond motifs is 1. The predicted octanol–water partition coefficient (Wildman–Crippen LogP) is 3.45. The monoisotopic (exact) mass is 352 g/mol. The van der Waals surface area contributed by atoms with Crippen molar-refractivity contribution in [3.63, 3.8) is 0 Å². The number of hydrogen-bond donors (Lipinski definition) is 2. The lowest BCUT2D eigenvalue weighted by Crippen LogP contribution is -2.09. The molecule has 0 spiro atoms. The first-order valence-corrected chi connectivity index (χ1v) is 9.22. The normalized spacial score (nSPS) is 11.1. The average Bonchev–Trinajstić information content (AvgIpc) is 3.11. The third-order valence-electron chi connectivity index (χ3n) is 3.03. The number of aromatic nitrogens is 2. The molecule has 0 saturated carbocycles. The summed E-state index contributed by atoms with van der Waals surface area (Å²) in [7, 11) is 0. The van der Waals surface area contributed by atoms with E-state index in [0.29, 0.717) is 15.4 Å². The Balaban J connectivity index is 2.17. The number of aliphatic carboxylic acids is 1. The van der Waals surface area contributed by atoms with Gasteiger partial charge in [-0.1, -0.05) is 24.8 Å². The minimum absolute atomic E-state index is 0.127. The Hall–Kier alpha value is -1.64. The van der Waals surface area contributed by atoms with Gasteiger partial charge in [0.15, 0.2) is 5.16 Å². The van der Waals surface area contributed by atoms with E-state index in [2.05, 4.69) is 16.9 Å². The van der Waals surface area contributed by atoms with Gasteiger partial charge in [0.25, 0.3) is 5.56 Å². The summed E-state index contributed by atoms with van der Waals surface area (Å²) in [4.78, 5) is 33.0. The fourth-order valence-electron chi connectivity index (χ4n) is 2.16. The molecule has 8 heteroatoms. The summed E-state index contributed by atoms with van der Waals surface area (Å²) in [6.07, 6.45) is 0.825. The number of nitrogens with zero attached hydrogens (tertiary/aromatic N) is 1. The summed E-state index contributed by atoms with van der Waals surface area (Å²) >= 11 is 4.12. The Labute approximate surface area is 138 Å². The summed E-state index contributed by atoms with van der Waals surface area (Å²) < 4.78 is 0. The van der Waals surface area contributed by atoms with Crippen molar-refractivity contribution in [3.05, 3.63) is 32.7 Å². The second-order valence-corrected chi connectivity index (χ2v) is 7.46. The van der Waals surface area contributed by atoms with Gasteiger partial charge >= 0.3 is 5.97 Å². The highest BCUT2D eigenvalue weighted by Crippen LogP contribution is 2.38. The molecule has 0 aliphatic rings. The highest BCUT2D eigenvalue weighted by atomic mass is 32.2. The molecule has 0 amide bonds. The molecule has 0 aromatic carbocycles. The summed E-state index contributed by atoms with van der Waals surface area (Å²) in [5.41, 5.74) is 0.748. The molecule has 22 heavy (non-hydrogen) atoms. The zero-order chi connectivity index (χ0) is 15.7. The Bertz CT molecular complexity index is 881. The second-order valence-electron chi connectivity index (χ2n) is 4.46. The number of aromatic amines is 1. The molecular weight excluding hydrogens is 340 g/mol. The third kappa shape index (κ3) is 2.81.